The van der Waals surface area contributed by atoms with Gasteiger partial charge >= 0.3 is 0 Å². The number of aliphatic hydroxyl groups excluding tert-OH is 1. The Hall–Kier alpha value is -3.11. The van der Waals surface area contributed by atoms with E-state index in [1.54, 1.807) is 0 Å². The van der Waals surface area contributed by atoms with Gasteiger partial charge in [0.05, 0.1) is 36.6 Å². The third-order valence-corrected chi connectivity index (χ3v) is 5.72. The largest absolute Gasteiger partial charge is 0.389 e. The first kappa shape index (κ1) is 17.0. The van der Waals surface area contributed by atoms with Gasteiger partial charge < -0.3 is 14.2 Å². The zero-order valence-corrected chi connectivity index (χ0v) is 16.1. The van der Waals surface area contributed by atoms with E-state index in [1.165, 1.54) is 21.9 Å². The molecule has 0 saturated carbocycles. The molecule has 2 aromatic heterocycles. The van der Waals surface area contributed by atoms with Gasteiger partial charge in [0.1, 0.15) is 0 Å². The molecule has 2 heterocycles. The minimum absolute atomic E-state index is 0.514. The molecule has 1 atom stereocenters. The van der Waals surface area contributed by atoms with Crippen molar-refractivity contribution < 1.29 is 5.11 Å². The number of nitrogens with zero attached hydrogens (tertiary/aromatic N) is 3. The van der Waals surface area contributed by atoms with E-state index in [2.05, 4.69) is 88.6 Å². The van der Waals surface area contributed by atoms with E-state index >= 15 is 0 Å². The van der Waals surface area contributed by atoms with Crippen molar-refractivity contribution in [3.63, 3.8) is 0 Å². The van der Waals surface area contributed by atoms with Crippen LogP contribution in [0.4, 0.5) is 0 Å². The third kappa shape index (κ3) is 2.69. The lowest BCUT2D eigenvalue weighted by atomic mass is 10.1. The van der Waals surface area contributed by atoms with Crippen LogP contribution >= 0.6 is 0 Å². The first-order valence-electron chi connectivity index (χ1n) is 9.68. The smallest absolute Gasteiger partial charge is 0.0959 e. The number of benzene rings is 3. The Balaban J connectivity index is 1.51. The number of hydrogen-bond donors (Lipinski definition) is 1. The lowest BCUT2D eigenvalue weighted by molar-refractivity contribution is 0.138. The second-order valence-corrected chi connectivity index (χ2v) is 7.62. The monoisotopic (exact) mass is 369 g/mol. The van der Waals surface area contributed by atoms with Gasteiger partial charge in [-0.25, -0.2) is 4.98 Å². The van der Waals surface area contributed by atoms with Crippen LogP contribution in [-0.2, 0) is 13.1 Å². The number of aryl methyl sites for hydroxylation is 2. The van der Waals surface area contributed by atoms with Crippen molar-refractivity contribution in [1.29, 1.82) is 0 Å². The van der Waals surface area contributed by atoms with Crippen molar-refractivity contribution in [2.75, 3.05) is 0 Å². The van der Waals surface area contributed by atoms with Gasteiger partial charge in [0.2, 0.25) is 0 Å². The summed E-state index contributed by atoms with van der Waals surface area (Å²) in [6.45, 7) is 5.27. The minimum Gasteiger partial charge on any atom is -0.389 e. The number of para-hydroxylation sites is 2. The number of aliphatic hydroxyl groups is 1. The predicted molar refractivity (Wildman–Crippen MR) is 115 cm³/mol. The van der Waals surface area contributed by atoms with Gasteiger partial charge in [-0.2, -0.15) is 0 Å². The predicted octanol–water partition coefficient (Wildman–Crippen LogP) is 4.82. The number of imidazole rings is 1. The van der Waals surface area contributed by atoms with Crippen molar-refractivity contribution in [2.45, 2.75) is 33.0 Å². The van der Waals surface area contributed by atoms with Gasteiger partial charge in [0, 0.05) is 21.8 Å². The standard InChI is InChI=1S/C24H23N3O/c1-16-11-21-24(12-17(16)2)26(15-25-21)13-18(28)14-27-22-9-5-3-7-19(22)20-8-4-6-10-23(20)27/h3-12,15,18,28H,13-14H2,1-2H3. The van der Waals surface area contributed by atoms with Gasteiger partial charge in [-0.3, -0.25) is 0 Å². The molecule has 0 fully saturated rings. The average molecular weight is 369 g/mol. The highest BCUT2D eigenvalue weighted by Crippen LogP contribution is 2.29. The highest BCUT2D eigenvalue weighted by molar-refractivity contribution is 6.07. The van der Waals surface area contributed by atoms with E-state index < -0.39 is 6.10 Å². The summed E-state index contributed by atoms with van der Waals surface area (Å²) in [5.74, 6) is 0. The first-order chi connectivity index (χ1) is 13.6. The number of hydrogen-bond acceptors (Lipinski definition) is 2. The fraction of sp³-hybridized carbons (Fsp3) is 0.208. The van der Waals surface area contributed by atoms with Crippen LogP contribution in [0.5, 0.6) is 0 Å². The molecule has 0 aliphatic heterocycles. The Labute approximate surface area is 163 Å². The fourth-order valence-corrected chi connectivity index (χ4v) is 4.15. The molecule has 140 valence electrons. The summed E-state index contributed by atoms with van der Waals surface area (Å²) in [5, 5.41) is 13.4. The summed E-state index contributed by atoms with van der Waals surface area (Å²) in [6.07, 6.45) is 1.32. The number of fused-ring (bicyclic) bond motifs is 4. The zero-order chi connectivity index (χ0) is 19.3. The third-order valence-electron chi connectivity index (χ3n) is 5.72. The highest BCUT2D eigenvalue weighted by atomic mass is 16.3. The van der Waals surface area contributed by atoms with Gasteiger partial charge in [-0.1, -0.05) is 36.4 Å². The first-order valence-corrected chi connectivity index (χ1v) is 9.68. The van der Waals surface area contributed by atoms with Crippen LogP contribution in [0.1, 0.15) is 11.1 Å². The minimum atomic E-state index is -0.516. The quantitative estimate of drug-likeness (QED) is 0.493. The molecule has 0 amide bonds. The van der Waals surface area contributed by atoms with E-state index in [9.17, 15) is 5.11 Å². The van der Waals surface area contributed by atoms with Gasteiger partial charge in [-0.15, -0.1) is 0 Å². The van der Waals surface area contributed by atoms with Crippen molar-refractivity contribution in [1.82, 2.24) is 14.1 Å². The summed E-state index contributed by atoms with van der Waals surface area (Å²) in [5.41, 5.74) is 6.85. The Morgan fingerprint density at radius 1 is 0.821 bits per heavy atom. The van der Waals surface area contributed by atoms with E-state index in [0.29, 0.717) is 13.1 Å². The average Bonchev–Trinajstić information content (AvgIpc) is 3.22. The molecule has 0 aliphatic carbocycles. The molecule has 1 N–H and O–H groups in total. The maximum atomic E-state index is 10.9. The molecular formula is C24H23N3O. The van der Waals surface area contributed by atoms with Crippen molar-refractivity contribution in [2.24, 2.45) is 0 Å². The SMILES string of the molecule is Cc1cc2ncn(CC(O)Cn3c4ccccc4c4ccccc43)c2cc1C. The second kappa shape index (κ2) is 6.50. The van der Waals surface area contributed by atoms with Gasteiger partial charge in [0.15, 0.2) is 0 Å². The molecular weight excluding hydrogens is 346 g/mol. The second-order valence-electron chi connectivity index (χ2n) is 7.62. The molecule has 4 heteroatoms. The van der Waals surface area contributed by atoms with Crippen molar-refractivity contribution >= 4 is 32.8 Å². The molecule has 28 heavy (non-hydrogen) atoms. The Morgan fingerprint density at radius 3 is 2.11 bits per heavy atom. The van der Waals surface area contributed by atoms with Crippen molar-refractivity contribution in [3.8, 4) is 0 Å². The van der Waals surface area contributed by atoms with Crippen LogP contribution in [0.15, 0.2) is 67.0 Å². The van der Waals surface area contributed by atoms with Crippen LogP contribution in [0.25, 0.3) is 32.8 Å². The maximum absolute atomic E-state index is 10.9. The summed E-state index contributed by atoms with van der Waals surface area (Å²) < 4.78 is 4.28. The van der Waals surface area contributed by atoms with E-state index in [1.807, 2.05) is 6.33 Å². The summed E-state index contributed by atoms with van der Waals surface area (Å²) in [4.78, 5) is 4.52. The summed E-state index contributed by atoms with van der Waals surface area (Å²) >= 11 is 0. The normalized spacial score (nSPS) is 13.0. The van der Waals surface area contributed by atoms with Gasteiger partial charge in [-0.05, 0) is 49.2 Å². The van der Waals surface area contributed by atoms with Crippen LogP contribution in [-0.4, -0.2) is 25.3 Å². The molecule has 5 rings (SSSR count). The maximum Gasteiger partial charge on any atom is 0.0959 e. The molecule has 0 radical (unpaired) electrons. The van der Waals surface area contributed by atoms with Crippen LogP contribution in [0.3, 0.4) is 0 Å². The Bertz CT molecular complexity index is 1260. The molecule has 0 spiro atoms. The number of rotatable bonds is 4. The lowest BCUT2D eigenvalue weighted by Crippen LogP contribution is -2.21. The highest BCUT2D eigenvalue weighted by Gasteiger charge is 2.15. The molecule has 0 bridgehead atoms. The zero-order valence-electron chi connectivity index (χ0n) is 16.1. The molecule has 0 saturated heterocycles. The Morgan fingerprint density at radius 2 is 1.43 bits per heavy atom. The lowest BCUT2D eigenvalue weighted by Gasteiger charge is -2.15. The summed E-state index contributed by atoms with van der Waals surface area (Å²) in [6, 6.07) is 21.1. The molecule has 1 unspecified atom stereocenters. The van der Waals surface area contributed by atoms with Crippen molar-refractivity contribution in [3.05, 3.63) is 78.1 Å². The number of aromatic nitrogens is 3. The molecule has 3 aromatic carbocycles. The van der Waals surface area contributed by atoms with Crippen LogP contribution in [0.2, 0.25) is 0 Å². The molecule has 5 aromatic rings. The topological polar surface area (TPSA) is 43.0 Å². The summed E-state index contributed by atoms with van der Waals surface area (Å²) in [7, 11) is 0. The fourth-order valence-electron chi connectivity index (χ4n) is 4.15. The van der Waals surface area contributed by atoms with Crippen LogP contribution < -0.4 is 0 Å². The van der Waals surface area contributed by atoms with E-state index in [0.717, 1.165) is 22.1 Å². The Kier molecular flexibility index (Phi) is 3.95. The van der Waals surface area contributed by atoms with E-state index in [-0.39, 0.29) is 0 Å². The van der Waals surface area contributed by atoms with Crippen LogP contribution in [0, 0.1) is 13.8 Å². The molecule has 4 nitrogen and oxygen atoms in total. The molecule has 0 aliphatic rings. The van der Waals surface area contributed by atoms with E-state index in [4.69, 9.17) is 0 Å². The van der Waals surface area contributed by atoms with Gasteiger partial charge in [0.25, 0.3) is 0 Å².